The Kier molecular flexibility index (Phi) is 16.2. The number of carbonyl (C=O) groups is 3. The van der Waals surface area contributed by atoms with Gasteiger partial charge in [0.05, 0.1) is 5.69 Å². The molecule has 9 nitrogen and oxygen atoms in total. The van der Waals surface area contributed by atoms with Gasteiger partial charge in [0, 0.05) is 50.0 Å². The largest absolute Gasteiger partial charge is 0.431 e. The lowest BCUT2D eigenvalue weighted by Crippen LogP contribution is -2.45. The second-order valence-electron chi connectivity index (χ2n) is 10.7. The molecule has 2 fully saturated rings. The van der Waals surface area contributed by atoms with Crippen LogP contribution < -0.4 is 21.7 Å². The maximum atomic E-state index is 14.1. The van der Waals surface area contributed by atoms with E-state index in [0.29, 0.717) is 62.8 Å². The summed E-state index contributed by atoms with van der Waals surface area (Å²) in [6, 6.07) is 13.4. The number of rotatable bonds is 7. The first-order chi connectivity index (χ1) is 22.9. The highest BCUT2D eigenvalue weighted by atomic mass is 35.5. The Labute approximate surface area is 283 Å². The maximum Gasteiger partial charge on any atom is 0.431 e. The van der Waals surface area contributed by atoms with E-state index in [1.807, 2.05) is 36.1 Å². The molecule has 2 aromatic carbocycles. The third-order valence-electron chi connectivity index (χ3n) is 7.71. The van der Waals surface area contributed by atoms with Crippen LogP contribution >= 0.6 is 11.6 Å². The summed E-state index contributed by atoms with van der Waals surface area (Å²) in [7, 11) is 0. The van der Waals surface area contributed by atoms with Crippen molar-refractivity contribution in [3.63, 3.8) is 0 Å². The molecule has 48 heavy (non-hydrogen) atoms. The third-order valence-corrected chi connectivity index (χ3v) is 7.96. The number of hydrogen-bond donors (Lipinski definition) is 3. The van der Waals surface area contributed by atoms with E-state index in [0.717, 1.165) is 17.3 Å². The molecule has 0 atom stereocenters. The van der Waals surface area contributed by atoms with Crippen LogP contribution in [0.2, 0.25) is 5.02 Å². The standard InChI is InChI=1S/C32H35ClF4N4O.2CH3NO/c1-3-24(9-8-23(2)39-18-20-40(21-19-39)29-7-5-4-6-28(29)34)22-30(32(35,36)37)38-31(42)41-16-14-26(15-17-41)25-10-12-27(33)13-11-25;2*2-1-3/h3-13,22,26H,1,14-21H2,2H3,(H,38,42);2*1H,(H2,2,3)/b23-8+,24-9+,30-22+;;. The average molecular weight is 693 g/mol. The molecule has 14 heteroatoms. The van der Waals surface area contributed by atoms with Crippen LogP contribution in [0.5, 0.6) is 0 Å². The number of piperazine rings is 1. The molecule has 260 valence electrons. The Morgan fingerprint density at radius 3 is 2.00 bits per heavy atom. The van der Waals surface area contributed by atoms with Crippen molar-refractivity contribution in [3.05, 3.63) is 113 Å². The van der Waals surface area contributed by atoms with Gasteiger partial charge in [-0.3, -0.25) is 9.59 Å². The number of benzene rings is 2. The highest BCUT2D eigenvalue weighted by Gasteiger charge is 2.36. The van der Waals surface area contributed by atoms with Gasteiger partial charge < -0.3 is 31.5 Å². The molecule has 0 aliphatic carbocycles. The van der Waals surface area contributed by atoms with E-state index in [1.54, 1.807) is 30.4 Å². The number of nitrogens with one attached hydrogen (secondary N) is 1. The molecule has 2 heterocycles. The maximum absolute atomic E-state index is 14.1. The van der Waals surface area contributed by atoms with E-state index in [2.05, 4.69) is 28.3 Å². The number of primary amides is 2. The fourth-order valence-corrected chi connectivity index (χ4v) is 5.33. The van der Waals surface area contributed by atoms with Gasteiger partial charge in [0.2, 0.25) is 12.8 Å². The second kappa shape index (κ2) is 19.8. The smallest absolute Gasteiger partial charge is 0.372 e. The van der Waals surface area contributed by atoms with Crippen LogP contribution in [0.3, 0.4) is 0 Å². The number of urea groups is 1. The van der Waals surface area contributed by atoms with Gasteiger partial charge in [0.25, 0.3) is 0 Å². The number of allylic oxidation sites excluding steroid dienone is 7. The minimum Gasteiger partial charge on any atom is -0.372 e. The first kappa shape index (κ1) is 39.4. The second-order valence-corrected chi connectivity index (χ2v) is 11.1. The predicted octanol–water partition coefficient (Wildman–Crippen LogP) is 5.86. The molecule has 2 aliphatic rings. The summed E-state index contributed by atoms with van der Waals surface area (Å²) in [6.07, 6.45) is 2.51. The summed E-state index contributed by atoms with van der Waals surface area (Å²) in [5, 5.41) is 2.72. The summed E-state index contributed by atoms with van der Waals surface area (Å²) >= 11 is 5.96. The molecule has 0 unspecified atom stereocenters. The summed E-state index contributed by atoms with van der Waals surface area (Å²) in [6.45, 7) is 8.74. The van der Waals surface area contributed by atoms with Gasteiger partial charge in [0.1, 0.15) is 11.5 Å². The van der Waals surface area contributed by atoms with Gasteiger partial charge in [-0.25, -0.2) is 9.18 Å². The van der Waals surface area contributed by atoms with E-state index in [-0.39, 0.29) is 30.1 Å². The monoisotopic (exact) mass is 692 g/mol. The molecule has 2 aromatic rings. The van der Waals surface area contributed by atoms with Gasteiger partial charge >= 0.3 is 12.2 Å². The van der Waals surface area contributed by atoms with Crippen LogP contribution in [0.4, 0.5) is 28.0 Å². The Morgan fingerprint density at radius 2 is 1.48 bits per heavy atom. The zero-order valence-electron chi connectivity index (χ0n) is 26.6. The molecule has 4 amide bonds. The quantitative estimate of drug-likeness (QED) is 0.191. The zero-order valence-corrected chi connectivity index (χ0v) is 27.4. The van der Waals surface area contributed by atoms with E-state index in [9.17, 15) is 22.4 Å². The molecular weight excluding hydrogens is 652 g/mol. The minimum absolute atomic E-state index is 0.202. The highest BCUT2D eigenvalue weighted by Crippen LogP contribution is 2.30. The van der Waals surface area contributed by atoms with E-state index < -0.39 is 17.9 Å². The first-order valence-corrected chi connectivity index (χ1v) is 15.4. The Hall–Kier alpha value is -4.78. The molecule has 5 N–H and O–H groups in total. The molecule has 0 saturated carbocycles. The number of likely N-dealkylation sites (tertiary alicyclic amines) is 1. The number of amides is 4. The van der Waals surface area contributed by atoms with E-state index in [1.165, 1.54) is 17.0 Å². The van der Waals surface area contributed by atoms with Crippen molar-refractivity contribution in [2.75, 3.05) is 44.2 Å². The van der Waals surface area contributed by atoms with Gasteiger partial charge in [0.15, 0.2) is 0 Å². The number of nitrogens with two attached hydrogens (primary N) is 2. The van der Waals surface area contributed by atoms with Crippen LogP contribution in [0.25, 0.3) is 0 Å². The molecule has 0 bridgehead atoms. The van der Waals surface area contributed by atoms with Crippen LogP contribution in [0, 0.1) is 5.82 Å². The fraction of sp³-hybridized carbons (Fsp3) is 0.324. The number of anilines is 1. The first-order valence-electron chi connectivity index (χ1n) is 15.0. The Morgan fingerprint density at radius 1 is 0.917 bits per heavy atom. The normalized spacial score (nSPS) is 16.1. The summed E-state index contributed by atoms with van der Waals surface area (Å²) in [5.41, 5.74) is 9.91. The average Bonchev–Trinajstić information content (AvgIpc) is 3.07. The Bertz CT molecular complexity index is 1440. The van der Waals surface area contributed by atoms with Gasteiger partial charge in [-0.1, -0.05) is 54.6 Å². The van der Waals surface area contributed by atoms with Crippen molar-refractivity contribution in [1.82, 2.24) is 15.1 Å². The van der Waals surface area contributed by atoms with Gasteiger partial charge in [-0.2, -0.15) is 13.2 Å². The topological polar surface area (TPSA) is 125 Å². The molecule has 2 aliphatic heterocycles. The van der Waals surface area contributed by atoms with Crippen LogP contribution in [0.15, 0.2) is 96.4 Å². The lowest BCUT2D eigenvalue weighted by Gasteiger charge is -2.37. The minimum atomic E-state index is -4.76. The number of carbonyl (C=O) groups excluding carboxylic acids is 3. The van der Waals surface area contributed by atoms with E-state index in [4.69, 9.17) is 21.2 Å². The number of para-hydroxylation sites is 1. The number of piperidine rings is 1. The summed E-state index contributed by atoms with van der Waals surface area (Å²) < 4.78 is 55.9. The molecular formula is C34H41ClF4N6O3. The molecule has 0 aromatic heterocycles. The third kappa shape index (κ3) is 12.4. The number of alkyl halides is 3. The summed E-state index contributed by atoms with van der Waals surface area (Å²) in [5.74, 6) is -0.0460. The van der Waals surface area contributed by atoms with Crippen molar-refractivity contribution >= 4 is 36.1 Å². The van der Waals surface area contributed by atoms with Crippen molar-refractivity contribution in [2.45, 2.75) is 31.9 Å². The molecule has 2 saturated heterocycles. The SMILES string of the molecule is C=CC(=C\C=C(/C)N1CCN(c2ccccc2F)CC1)/C=C(/NC(=O)N1CCC(c2ccc(Cl)cc2)CC1)C(F)(F)F.NC=O.NC=O. The zero-order chi connectivity index (χ0) is 35.7. The van der Waals surface area contributed by atoms with Gasteiger partial charge in [-0.15, -0.1) is 0 Å². The van der Waals surface area contributed by atoms with E-state index >= 15 is 0 Å². The van der Waals surface area contributed by atoms with Crippen molar-refractivity contribution < 1.29 is 31.9 Å². The number of hydrogen-bond acceptors (Lipinski definition) is 5. The number of halogens is 5. The lowest BCUT2D eigenvalue weighted by atomic mass is 9.89. The van der Waals surface area contributed by atoms with Crippen molar-refractivity contribution in [3.8, 4) is 0 Å². The Balaban J connectivity index is 0.00000124. The highest BCUT2D eigenvalue weighted by molar-refractivity contribution is 6.30. The molecule has 0 spiro atoms. The van der Waals surface area contributed by atoms with Crippen molar-refractivity contribution in [1.29, 1.82) is 0 Å². The van der Waals surface area contributed by atoms with Crippen LogP contribution in [-0.4, -0.2) is 74.1 Å². The van der Waals surface area contributed by atoms with Crippen LogP contribution in [-0.2, 0) is 9.59 Å². The van der Waals surface area contributed by atoms with Crippen molar-refractivity contribution in [2.24, 2.45) is 11.5 Å². The number of nitrogens with zero attached hydrogens (tertiary/aromatic N) is 3. The molecule has 0 radical (unpaired) electrons. The van der Waals surface area contributed by atoms with Gasteiger partial charge in [-0.05, 0) is 73.2 Å². The lowest BCUT2D eigenvalue weighted by molar-refractivity contribution is -0.107. The van der Waals surface area contributed by atoms with Crippen LogP contribution in [0.1, 0.15) is 31.2 Å². The summed E-state index contributed by atoms with van der Waals surface area (Å²) in [4.78, 5) is 35.5. The molecule has 4 rings (SSSR count). The predicted molar refractivity (Wildman–Crippen MR) is 180 cm³/mol. The fourth-order valence-electron chi connectivity index (χ4n) is 5.21.